The van der Waals surface area contributed by atoms with E-state index in [9.17, 15) is 0 Å². The monoisotopic (exact) mass is 348 g/mol. The molecule has 25 heavy (non-hydrogen) atoms. The van der Waals surface area contributed by atoms with Gasteiger partial charge in [-0.2, -0.15) is 0 Å². The minimum atomic E-state index is 1.08. The second-order valence-electron chi connectivity index (χ2n) is 6.52. The highest BCUT2D eigenvalue weighted by atomic mass is 32.2. The van der Waals surface area contributed by atoms with Crippen LogP contribution in [0.1, 0.15) is 32.6 Å². The van der Waals surface area contributed by atoms with E-state index >= 15 is 0 Å². The Morgan fingerprint density at radius 1 is 0.800 bits per heavy atom. The molecule has 0 aliphatic carbocycles. The minimum Gasteiger partial charge on any atom is -0.340 e. The molecule has 0 radical (unpaired) electrons. The third kappa shape index (κ3) is 3.34. The number of nitrogens with zero attached hydrogens (tertiary/aromatic N) is 2. The lowest BCUT2D eigenvalue weighted by molar-refractivity contribution is 0.665. The first-order chi connectivity index (χ1) is 12.4. The van der Waals surface area contributed by atoms with Crippen molar-refractivity contribution in [2.75, 3.05) is 11.4 Å². The van der Waals surface area contributed by atoms with Crippen molar-refractivity contribution < 1.29 is 0 Å². The summed E-state index contributed by atoms with van der Waals surface area (Å²) in [5.41, 5.74) is 3.91. The zero-order chi connectivity index (χ0) is 17.1. The molecule has 128 valence electrons. The molecule has 0 unspecified atom stereocenters. The van der Waals surface area contributed by atoms with Gasteiger partial charge in [0, 0.05) is 34.4 Å². The summed E-state index contributed by atoms with van der Waals surface area (Å²) < 4.78 is 2.18. The predicted molar refractivity (Wildman–Crippen MR) is 107 cm³/mol. The number of anilines is 2. The van der Waals surface area contributed by atoms with Gasteiger partial charge in [0.05, 0.1) is 11.4 Å². The molecule has 3 heteroatoms. The number of aromatic nitrogens is 1. The average Bonchev–Trinajstić information content (AvgIpc) is 3.19. The Morgan fingerprint density at radius 3 is 2.44 bits per heavy atom. The minimum absolute atomic E-state index is 1.08. The topological polar surface area (TPSA) is 8.17 Å². The van der Waals surface area contributed by atoms with E-state index in [0.29, 0.717) is 0 Å². The maximum Gasteiger partial charge on any atom is 0.0573 e. The maximum absolute atomic E-state index is 2.52. The first-order valence-corrected chi connectivity index (χ1v) is 10.0. The quantitative estimate of drug-likeness (QED) is 0.460. The fraction of sp³-hybridized carbons (Fsp3) is 0.273. The molecule has 0 atom stereocenters. The molecule has 0 saturated carbocycles. The summed E-state index contributed by atoms with van der Waals surface area (Å²) in [6.07, 6.45) is 9.35. The standard InChI is InChI=1S/C22H24N2S/c1-2-3-4-7-16-24-19-10-5-6-11-21(19)25-22-13-12-18(17-20(22)24)23-14-8-9-15-23/h5-6,8-15,17H,2-4,7,16H2,1H3. The Kier molecular flexibility index (Phi) is 4.84. The average molecular weight is 349 g/mol. The van der Waals surface area contributed by atoms with Crippen LogP contribution < -0.4 is 4.90 Å². The highest BCUT2D eigenvalue weighted by Gasteiger charge is 2.23. The molecule has 1 aliphatic rings. The van der Waals surface area contributed by atoms with Crippen molar-refractivity contribution in [3.8, 4) is 5.69 Å². The zero-order valence-electron chi connectivity index (χ0n) is 14.7. The highest BCUT2D eigenvalue weighted by molar-refractivity contribution is 7.99. The van der Waals surface area contributed by atoms with Gasteiger partial charge in [-0.05, 0) is 48.9 Å². The van der Waals surface area contributed by atoms with E-state index in [4.69, 9.17) is 0 Å². The number of hydrogen-bond acceptors (Lipinski definition) is 2. The van der Waals surface area contributed by atoms with Crippen LogP contribution in [-0.4, -0.2) is 11.1 Å². The first-order valence-electron chi connectivity index (χ1n) is 9.18. The van der Waals surface area contributed by atoms with Gasteiger partial charge in [-0.15, -0.1) is 0 Å². The molecule has 3 aromatic rings. The van der Waals surface area contributed by atoms with E-state index in [1.807, 2.05) is 11.8 Å². The number of fused-ring (bicyclic) bond motifs is 2. The Labute approximate surface area is 154 Å². The van der Waals surface area contributed by atoms with Gasteiger partial charge in [-0.25, -0.2) is 0 Å². The second-order valence-corrected chi connectivity index (χ2v) is 7.61. The van der Waals surface area contributed by atoms with Crippen molar-refractivity contribution in [2.45, 2.75) is 42.4 Å². The molecule has 4 rings (SSSR count). The molecule has 0 amide bonds. The maximum atomic E-state index is 2.52. The molecule has 1 aliphatic heterocycles. The summed E-state index contributed by atoms with van der Waals surface area (Å²) in [6.45, 7) is 3.35. The van der Waals surface area contributed by atoms with E-state index < -0.39 is 0 Å². The van der Waals surface area contributed by atoms with Crippen molar-refractivity contribution in [1.82, 2.24) is 4.57 Å². The molecule has 0 bridgehead atoms. The van der Waals surface area contributed by atoms with E-state index in [2.05, 4.69) is 83.4 Å². The molecular formula is C22H24N2S. The highest BCUT2D eigenvalue weighted by Crippen LogP contribution is 2.48. The van der Waals surface area contributed by atoms with E-state index in [1.165, 1.54) is 52.5 Å². The molecule has 0 fully saturated rings. The van der Waals surface area contributed by atoms with Gasteiger partial charge in [0.2, 0.25) is 0 Å². The van der Waals surface area contributed by atoms with Gasteiger partial charge < -0.3 is 9.47 Å². The third-order valence-corrected chi connectivity index (χ3v) is 5.88. The molecule has 2 nitrogen and oxygen atoms in total. The van der Waals surface area contributed by atoms with Crippen LogP contribution in [0.5, 0.6) is 0 Å². The van der Waals surface area contributed by atoms with Crippen LogP contribution in [0.3, 0.4) is 0 Å². The number of unbranched alkanes of at least 4 members (excludes halogenated alkanes) is 3. The predicted octanol–water partition coefficient (Wildman–Crippen LogP) is 6.66. The fourth-order valence-corrected chi connectivity index (χ4v) is 4.50. The molecular weight excluding hydrogens is 324 g/mol. The van der Waals surface area contributed by atoms with Crippen molar-refractivity contribution in [2.24, 2.45) is 0 Å². The van der Waals surface area contributed by atoms with Gasteiger partial charge >= 0.3 is 0 Å². The Bertz CT molecular complexity index is 839. The van der Waals surface area contributed by atoms with Gasteiger partial charge in [-0.3, -0.25) is 0 Å². The molecule has 1 aromatic heterocycles. The van der Waals surface area contributed by atoms with Crippen molar-refractivity contribution >= 4 is 23.1 Å². The van der Waals surface area contributed by atoms with Crippen LogP contribution in [-0.2, 0) is 0 Å². The van der Waals surface area contributed by atoms with Crippen LogP contribution in [0.2, 0.25) is 0 Å². The van der Waals surface area contributed by atoms with E-state index in [0.717, 1.165) is 6.54 Å². The van der Waals surface area contributed by atoms with Crippen molar-refractivity contribution in [1.29, 1.82) is 0 Å². The Hall–Kier alpha value is -2.13. The lowest BCUT2D eigenvalue weighted by atomic mass is 10.1. The number of rotatable bonds is 6. The molecule has 0 saturated heterocycles. The van der Waals surface area contributed by atoms with Gasteiger partial charge in [0.15, 0.2) is 0 Å². The summed E-state index contributed by atoms with van der Waals surface area (Å²) in [4.78, 5) is 5.23. The van der Waals surface area contributed by atoms with Crippen LogP contribution in [0.25, 0.3) is 5.69 Å². The summed E-state index contributed by atoms with van der Waals surface area (Å²) >= 11 is 1.88. The van der Waals surface area contributed by atoms with Gasteiger partial charge in [-0.1, -0.05) is 50.1 Å². The lowest BCUT2D eigenvalue weighted by Crippen LogP contribution is -2.22. The van der Waals surface area contributed by atoms with Crippen LogP contribution >= 0.6 is 11.8 Å². The molecule has 0 N–H and O–H groups in total. The SMILES string of the molecule is CCCCCCN1c2ccccc2Sc2ccc(-n3cccc3)cc21. The number of hydrogen-bond donors (Lipinski definition) is 0. The Morgan fingerprint density at radius 2 is 1.60 bits per heavy atom. The number of benzene rings is 2. The summed E-state index contributed by atoms with van der Waals surface area (Å²) in [5.74, 6) is 0. The van der Waals surface area contributed by atoms with Crippen molar-refractivity contribution in [3.05, 3.63) is 67.0 Å². The van der Waals surface area contributed by atoms with E-state index in [-0.39, 0.29) is 0 Å². The van der Waals surface area contributed by atoms with Gasteiger partial charge in [0.25, 0.3) is 0 Å². The van der Waals surface area contributed by atoms with Gasteiger partial charge in [0.1, 0.15) is 0 Å². The Balaban J connectivity index is 1.70. The fourth-order valence-electron chi connectivity index (χ4n) is 3.42. The van der Waals surface area contributed by atoms with Crippen molar-refractivity contribution in [3.63, 3.8) is 0 Å². The number of para-hydroxylation sites is 1. The smallest absolute Gasteiger partial charge is 0.0573 e. The first kappa shape index (κ1) is 16.3. The normalized spacial score (nSPS) is 12.8. The molecule has 2 heterocycles. The van der Waals surface area contributed by atoms with Crippen LogP contribution in [0.4, 0.5) is 11.4 Å². The largest absolute Gasteiger partial charge is 0.340 e. The van der Waals surface area contributed by atoms with E-state index in [1.54, 1.807) is 0 Å². The summed E-state index contributed by atoms with van der Waals surface area (Å²) in [6, 6.07) is 19.8. The summed E-state index contributed by atoms with van der Waals surface area (Å²) in [7, 11) is 0. The lowest BCUT2D eigenvalue weighted by Gasteiger charge is -2.33. The third-order valence-electron chi connectivity index (χ3n) is 4.75. The zero-order valence-corrected chi connectivity index (χ0v) is 15.5. The molecule has 0 spiro atoms. The van der Waals surface area contributed by atoms with Crippen LogP contribution in [0, 0.1) is 0 Å². The summed E-state index contributed by atoms with van der Waals surface area (Å²) in [5, 5.41) is 0. The molecule has 2 aromatic carbocycles. The van der Waals surface area contributed by atoms with Crippen LogP contribution in [0.15, 0.2) is 76.8 Å². The second kappa shape index (κ2) is 7.40.